The third-order valence-corrected chi connectivity index (χ3v) is 7.94. The summed E-state index contributed by atoms with van der Waals surface area (Å²) in [7, 11) is 0. The van der Waals surface area contributed by atoms with Crippen LogP contribution in [-0.4, -0.2) is 224 Å². The minimum absolute atomic E-state index is 0.0232. The molecule has 0 aromatic carbocycles. The second kappa shape index (κ2) is 57.6. The Kier molecular flexibility index (Phi) is 57.8. The van der Waals surface area contributed by atoms with E-state index in [0.29, 0.717) is 0 Å². The molecular formula is C49H71ClO34. The molecule has 0 radical (unpaired) electrons. The Morgan fingerprint density at radius 2 is 0.643 bits per heavy atom. The van der Waals surface area contributed by atoms with E-state index < -0.39 is 128 Å². The highest BCUT2D eigenvalue weighted by Crippen LogP contribution is 2.06. The van der Waals surface area contributed by atoms with Gasteiger partial charge in [-0.3, -0.25) is 28.8 Å². The number of aliphatic hydroxyl groups excluding tert-OH is 4. The number of esters is 12. The fraction of sp³-hybridized carbons (Fsp3) is 0.571. The molecule has 3 atom stereocenters. The molecule has 3 unspecified atom stereocenters. The molecule has 0 aliphatic heterocycles. The molecular weight excluding hydrogens is 1170 g/mol. The Balaban J connectivity index is -0.000000353. The fourth-order valence-corrected chi connectivity index (χ4v) is 4.15. The van der Waals surface area contributed by atoms with Crippen molar-refractivity contribution >= 4 is 101 Å². The summed E-state index contributed by atoms with van der Waals surface area (Å²) in [4.78, 5) is 165. The van der Waals surface area contributed by atoms with E-state index in [0.717, 1.165) is 18.2 Å². The summed E-state index contributed by atoms with van der Waals surface area (Å²) in [5.41, 5.74) is 0. The lowest BCUT2D eigenvalue weighted by Crippen LogP contribution is -2.28. The van der Waals surface area contributed by atoms with E-state index in [9.17, 15) is 71.9 Å². The SMILES string of the molecule is C=CC(=O)OCCOC(=O)CCCC(=O)OC(C)C(=O)OCC(=O)OCCOC(=O)C=C.C=CC(=O)OCl.CC(OC(=O)CCCC(=O)O)C(=O)OCC(=O)O.CC(OC(=O)CCCC(=O)OCCO)C(=O)OCC(=O)OCCO.OCCO. The molecule has 478 valence electrons. The van der Waals surface area contributed by atoms with Crippen LogP contribution in [-0.2, 0) is 133 Å². The minimum atomic E-state index is -1.32. The van der Waals surface area contributed by atoms with Gasteiger partial charge < -0.3 is 91.8 Å². The molecule has 0 rings (SSSR count). The van der Waals surface area contributed by atoms with E-state index in [-0.39, 0.29) is 124 Å². The topological polar surface area (TPSA) is 497 Å². The molecule has 0 heterocycles. The lowest BCUT2D eigenvalue weighted by molar-refractivity contribution is -0.171. The first kappa shape index (κ1) is 84.2. The second-order valence-electron chi connectivity index (χ2n) is 14.7. The van der Waals surface area contributed by atoms with Crippen LogP contribution in [0.15, 0.2) is 38.0 Å². The Morgan fingerprint density at radius 1 is 0.357 bits per heavy atom. The van der Waals surface area contributed by atoms with Gasteiger partial charge in [-0.05, 0) is 40.0 Å². The zero-order valence-corrected chi connectivity index (χ0v) is 46.9. The van der Waals surface area contributed by atoms with Crippen LogP contribution in [0, 0.1) is 0 Å². The molecule has 0 fully saturated rings. The van der Waals surface area contributed by atoms with Crippen molar-refractivity contribution in [2.24, 2.45) is 0 Å². The first-order chi connectivity index (χ1) is 39.6. The number of halogens is 1. The molecule has 0 aromatic heterocycles. The average molecular weight is 1240 g/mol. The average Bonchev–Trinajstić information content (AvgIpc) is 3.46. The number of carbonyl (C=O) groups excluding carboxylic acids is 13. The first-order valence-electron chi connectivity index (χ1n) is 24.3. The van der Waals surface area contributed by atoms with Crippen molar-refractivity contribution in [1.82, 2.24) is 0 Å². The van der Waals surface area contributed by atoms with Crippen LogP contribution in [0.2, 0.25) is 0 Å². The Labute approximate surface area is 484 Å². The number of hydrogen-bond acceptors (Lipinski definition) is 32. The Hall–Kier alpha value is -8.60. The highest BCUT2D eigenvalue weighted by atomic mass is 35.5. The normalized spacial score (nSPS) is 10.6. The van der Waals surface area contributed by atoms with Gasteiger partial charge in [0.1, 0.15) is 51.5 Å². The molecule has 0 amide bonds. The summed E-state index contributed by atoms with van der Waals surface area (Å²) in [6, 6.07) is 0. The van der Waals surface area contributed by atoms with Gasteiger partial charge in [-0.1, -0.05) is 19.7 Å². The van der Waals surface area contributed by atoms with Gasteiger partial charge in [0.2, 0.25) is 0 Å². The van der Waals surface area contributed by atoms with Crippen LogP contribution in [0.4, 0.5) is 0 Å². The lowest BCUT2D eigenvalue weighted by Gasteiger charge is -2.12. The van der Waals surface area contributed by atoms with E-state index in [1.54, 1.807) is 0 Å². The van der Waals surface area contributed by atoms with Gasteiger partial charge >= 0.3 is 89.5 Å². The van der Waals surface area contributed by atoms with Crippen molar-refractivity contribution < 1.29 is 164 Å². The van der Waals surface area contributed by atoms with Gasteiger partial charge in [0.25, 0.3) is 0 Å². The van der Waals surface area contributed by atoms with E-state index in [1.807, 2.05) is 0 Å². The molecule has 84 heavy (non-hydrogen) atoms. The maximum Gasteiger partial charge on any atom is 0.348 e. The zero-order valence-electron chi connectivity index (χ0n) is 46.1. The second-order valence-corrected chi connectivity index (χ2v) is 14.8. The monoisotopic (exact) mass is 1240 g/mol. The van der Waals surface area contributed by atoms with Gasteiger partial charge in [0.05, 0.1) is 26.4 Å². The summed E-state index contributed by atoms with van der Waals surface area (Å²) >= 11 is 4.53. The van der Waals surface area contributed by atoms with E-state index in [1.165, 1.54) is 20.8 Å². The zero-order chi connectivity index (χ0) is 65.3. The summed E-state index contributed by atoms with van der Waals surface area (Å²) in [6.45, 7) is 9.20. The highest BCUT2D eigenvalue weighted by Gasteiger charge is 2.23. The molecule has 0 saturated heterocycles. The molecule has 34 nitrogen and oxygen atoms in total. The first-order valence-corrected chi connectivity index (χ1v) is 24.6. The van der Waals surface area contributed by atoms with Crippen LogP contribution >= 0.6 is 11.9 Å². The number of ether oxygens (including phenoxy) is 12. The van der Waals surface area contributed by atoms with Gasteiger partial charge in [0.15, 0.2) is 38.1 Å². The van der Waals surface area contributed by atoms with Gasteiger partial charge in [-0.2, -0.15) is 0 Å². The third kappa shape index (κ3) is 61.0. The maximum atomic E-state index is 11.7. The minimum Gasteiger partial charge on any atom is -0.481 e. The predicted octanol–water partition coefficient (Wildman–Crippen LogP) is -1.48. The standard InChI is InChI=1S/C20H26O12.C14H22O10.C10H14O8.C3H3ClO2.C2H6O2/c1-4-15(21)27-9-11-29-17(23)7-6-8-18(24)32-14(3)20(26)31-13-19(25)30-12-10-28-16(22)5-2;1-10(14(20)23-9-13(19)22-8-6-16)24-12(18)4-2-3-11(17)21-7-5-15;1-6(10(16)17-5-8(13)14)18-9(15)4-2-3-7(11)12;1-2-3(5)6-4;3-1-2-4/h4-5,14H,1-2,6-13H2,3H3;10,15-16H,2-9H2,1H3;6H,2-5H2,1H3,(H,11,12)(H,13,14);2H,1H2;3-4H,1-2H2. The largest absolute Gasteiger partial charge is 0.481 e. The molecule has 0 bridgehead atoms. The predicted molar refractivity (Wildman–Crippen MR) is 273 cm³/mol. The summed E-state index contributed by atoms with van der Waals surface area (Å²) < 4.78 is 59.2. The number of carbonyl (C=O) groups is 15. The number of hydrogen-bond donors (Lipinski definition) is 6. The van der Waals surface area contributed by atoms with E-state index in [4.69, 9.17) is 44.8 Å². The summed E-state index contributed by atoms with van der Waals surface area (Å²) in [6.07, 6.45) is -1.13. The van der Waals surface area contributed by atoms with Crippen molar-refractivity contribution in [2.75, 3.05) is 85.9 Å². The third-order valence-electron chi connectivity index (χ3n) is 7.78. The molecule has 35 heteroatoms. The fourth-order valence-electron chi connectivity index (χ4n) is 4.09. The number of carboxylic acid groups (broad SMARTS) is 2. The van der Waals surface area contributed by atoms with Crippen LogP contribution in [0.25, 0.3) is 0 Å². The molecule has 0 spiro atoms. The number of aliphatic carboxylic acids is 2. The summed E-state index contributed by atoms with van der Waals surface area (Å²) in [5.74, 6) is -12.2. The van der Waals surface area contributed by atoms with Crippen molar-refractivity contribution in [3.8, 4) is 0 Å². The van der Waals surface area contributed by atoms with Gasteiger partial charge in [-0.15, -0.1) is 0 Å². The van der Waals surface area contributed by atoms with E-state index in [2.05, 4.69) is 78.5 Å². The Morgan fingerprint density at radius 3 is 0.929 bits per heavy atom. The van der Waals surface area contributed by atoms with Crippen molar-refractivity contribution in [1.29, 1.82) is 0 Å². The maximum absolute atomic E-state index is 11.7. The van der Waals surface area contributed by atoms with Crippen molar-refractivity contribution in [3.05, 3.63) is 38.0 Å². The molecule has 0 aliphatic carbocycles. The molecule has 0 aliphatic rings. The number of carboxylic acids is 2. The van der Waals surface area contributed by atoms with Crippen molar-refractivity contribution in [3.63, 3.8) is 0 Å². The van der Waals surface area contributed by atoms with Crippen molar-refractivity contribution in [2.45, 2.75) is 96.9 Å². The van der Waals surface area contributed by atoms with Gasteiger partial charge in [-0.25, -0.2) is 43.2 Å². The van der Waals surface area contributed by atoms with Crippen LogP contribution in [0.1, 0.15) is 78.6 Å². The smallest absolute Gasteiger partial charge is 0.348 e. The van der Waals surface area contributed by atoms with Gasteiger partial charge in [0, 0.05) is 56.8 Å². The summed E-state index contributed by atoms with van der Waals surface area (Å²) in [5, 5.41) is 48.8. The molecule has 6 N–H and O–H groups in total. The van der Waals surface area contributed by atoms with Crippen LogP contribution < -0.4 is 0 Å². The van der Waals surface area contributed by atoms with E-state index >= 15 is 0 Å². The lowest BCUT2D eigenvalue weighted by atomic mass is 10.2. The molecule has 0 aromatic rings. The number of aliphatic hydroxyl groups is 4. The number of rotatable bonds is 38. The molecule has 0 saturated carbocycles. The van der Waals surface area contributed by atoms with Crippen LogP contribution in [0.5, 0.6) is 0 Å². The van der Waals surface area contributed by atoms with Crippen LogP contribution in [0.3, 0.4) is 0 Å². The Bertz CT molecular complexity index is 2070. The quantitative estimate of drug-likeness (QED) is 0.0178. The highest BCUT2D eigenvalue weighted by molar-refractivity contribution is 6.14.